The number of amides is 1. The Morgan fingerprint density at radius 3 is 2.56 bits per heavy atom. The summed E-state index contributed by atoms with van der Waals surface area (Å²) >= 11 is 0. The lowest BCUT2D eigenvalue weighted by Crippen LogP contribution is -2.35. The van der Waals surface area contributed by atoms with Crippen molar-refractivity contribution in [1.82, 2.24) is 15.3 Å². The summed E-state index contributed by atoms with van der Waals surface area (Å²) in [6.07, 6.45) is 2.66. The lowest BCUT2D eigenvalue weighted by molar-refractivity contribution is -0.123. The van der Waals surface area contributed by atoms with Crippen LogP contribution in [-0.2, 0) is 4.79 Å². The molecular formula is C20H21N3O2. The summed E-state index contributed by atoms with van der Waals surface area (Å²) in [7, 11) is 0. The van der Waals surface area contributed by atoms with Gasteiger partial charge in [-0.2, -0.15) is 0 Å². The maximum absolute atomic E-state index is 11.7. The Balaban J connectivity index is 1.66. The highest BCUT2D eigenvalue weighted by Gasteiger charge is 2.07. The normalized spacial score (nSPS) is 11.9. The highest BCUT2D eigenvalue weighted by Crippen LogP contribution is 2.22. The molecule has 0 bridgehead atoms. The van der Waals surface area contributed by atoms with Gasteiger partial charge in [-0.05, 0) is 49.7 Å². The first-order chi connectivity index (χ1) is 12.2. The van der Waals surface area contributed by atoms with Gasteiger partial charge >= 0.3 is 0 Å². The minimum Gasteiger partial charge on any atom is -0.484 e. The summed E-state index contributed by atoms with van der Waals surface area (Å²) in [5, 5.41) is 2.87. The van der Waals surface area contributed by atoms with Crippen molar-refractivity contribution >= 4 is 16.9 Å². The number of hydrogen-bond acceptors (Lipinski definition) is 4. The molecule has 0 saturated heterocycles. The summed E-state index contributed by atoms with van der Waals surface area (Å²) in [5.74, 6) is 0.538. The number of aromatic nitrogens is 2. The minimum atomic E-state index is -0.112. The zero-order valence-electron chi connectivity index (χ0n) is 14.4. The molecule has 0 radical (unpaired) electrons. The smallest absolute Gasteiger partial charge is 0.258 e. The molecule has 1 atom stereocenters. The Kier molecular flexibility index (Phi) is 5.23. The van der Waals surface area contributed by atoms with Gasteiger partial charge in [0.15, 0.2) is 6.61 Å². The first-order valence-corrected chi connectivity index (χ1v) is 8.40. The fourth-order valence-corrected chi connectivity index (χ4v) is 2.39. The molecule has 1 heterocycles. The van der Waals surface area contributed by atoms with Gasteiger partial charge in [-0.1, -0.05) is 19.1 Å². The van der Waals surface area contributed by atoms with Crippen LogP contribution in [0.4, 0.5) is 0 Å². The van der Waals surface area contributed by atoms with Gasteiger partial charge in [0.2, 0.25) is 0 Å². The molecule has 2 aromatic carbocycles. The first kappa shape index (κ1) is 16.9. The van der Waals surface area contributed by atoms with E-state index in [-0.39, 0.29) is 18.6 Å². The number of carbonyl (C=O) groups is 1. The van der Waals surface area contributed by atoms with Crippen molar-refractivity contribution in [2.24, 2.45) is 0 Å². The monoisotopic (exact) mass is 335 g/mol. The summed E-state index contributed by atoms with van der Waals surface area (Å²) in [6, 6.07) is 15.4. The quantitative estimate of drug-likeness (QED) is 0.748. The van der Waals surface area contributed by atoms with Crippen LogP contribution in [0.15, 0.2) is 54.7 Å². The molecule has 1 aromatic heterocycles. The van der Waals surface area contributed by atoms with E-state index in [0.717, 1.165) is 28.7 Å². The molecular weight excluding hydrogens is 314 g/mol. The largest absolute Gasteiger partial charge is 0.484 e. The molecule has 0 spiro atoms. The van der Waals surface area contributed by atoms with Crippen molar-refractivity contribution in [3.05, 3.63) is 54.7 Å². The van der Waals surface area contributed by atoms with Crippen LogP contribution in [0, 0.1) is 0 Å². The van der Waals surface area contributed by atoms with Gasteiger partial charge in [0.1, 0.15) is 5.75 Å². The summed E-state index contributed by atoms with van der Waals surface area (Å²) in [6.45, 7) is 4.01. The fraction of sp³-hybridized carbons (Fsp3) is 0.250. The van der Waals surface area contributed by atoms with E-state index in [9.17, 15) is 4.79 Å². The maximum Gasteiger partial charge on any atom is 0.258 e. The molecule has 0 saturated carbocycles. The van der Waals surface area contributed by atoms with Crippen molar-refractivity contribution in [3.8, 4) is 17.0 Å². The summed E-state index contributed by atoms with van der Waals surface area (Å²) < 4.78 is 5.53. The highest BCUT2D eigenvalue weighted by atomic mass is 16.5. The molecule has 3 rings (SSSR count). The average Bonchev–Trinajstić information content (AvgIpc) is 2.66. The number of hydrogen-bond donors (Lipinski definition) is 1. The van der Waals surface area contributed by atoms with E-state index in [0.29, 0.717) is 5.75 Å². The van der Waals surface area contributed by atoms with Gasteiger partial charge in [-0.3, -0.25) is 9.78 Å². The van der Waals surface area contributed by atoms with Crippen molar-refractivity contribution in [2.45, 2.75) is 26.3 Å². The fourth-order valence-electron chi connectivity index (χ4n) is 2.39. The third-order valence-corrected chi connectivity index (χ3v) is 3.99. The van der Waals surface area contributed by atoms with E-state index < -0.39 is 0 Å². The Morgan fingerprint density at radius 2 is 1.84 bits per heavy atom. The maximum atomic E-state index is 11.7. The minimum absolute atomic E-state index is 0.0134. The number of fused-ring (bicyclic) bond motifs is 1. The first-order valence-electron chi connectivity index (χ1n) is 8.40. The second-order valence-electron chi connectivity index (χ2n) is 5.93. The van der Waals surface area contributed by atoms with Crippen molar-refractivity contribution in [1.29, 1.82) is 0 Å². The molecule has 1 N–H and O–H groups in total. The Morgan fingerprint density at radius 1 is 1.12 bits per heavy atom. The standard InChI is InChI=1S/C20H21N3O2/c1-3-14(2)22-20(24)13-25-16-10-8-15(9-11-16)19-12-21-17-6-4-5-7-18(17)23-19/h4-12,14H,3,13H2,1-2H3,(H,22,24). The number of carbonyl (C=O) groups excluding carboxylic acids is 1. The number of nitrogens with one attached hydrogen (secondary N) is 1. The third kappa shape index (κ3) is 4.32. The number of benzene rings is 2. The molecule has 0 aliphatic rings. The van der Waals surface area contributed by atoms with Gasteiger partial charge in [0.05, 0.1) is 22.9 Å². The number of ether oxygens (including phenoxy) is 1. The van der Waals surface area contributed by atoms with Gasteiger partial charge in [0.25, 0.3) is 5.91 Å². The third-order valence-electron chi connectivity index (χ3n) is 3.99. The molecule has 128 valence electrons. The van der Waals surface area contributed by atoms with Gasteiger partial charge in [-0.15, -0.1) is 0 Å². The van der Waals surface area contributed by atoms with E-state index in [1.54, 1.807) is 6.20 Å². The van der Waals surface area contributed by atoms with Gasteiger partial charge in [0, 0.05) is 11.6 Å². The van der Waals surface area contributed by atoms with Crippen LogP contribution in [0.25, 0.3) is 22.3 Å². The zero-order valence-corrected chi connectivity index (χ0v) is 14.4. The van der Waals surface area contributed by atoms with E-state index in [4.69, 9.17) is 4.74 Å². The summed E-state index contributed by atoms with van der Waals surface area (Å²) in [4.78, 5) is 20.8. The van der Waals surface area contributed by atoms with Crippen molar-refractivity contribution in [2.75, 3.05) is 6.61 Å². The Bertz CT molecular complexity index is 862. The average molecular weight is 335 g/mol. The SMILES string of the molecule is CCC(C)NC(=O)COc1ccc(-c2cnc3ccccc3n2)cc1. The lowest BCUT2D eigenvalue weighted by atomic mass is 10.1. The van der Waals surface area contributed by atoms with E-state index in [1.807, 2.05) is 62.4 Å². The molecule has 1 unspecified atom stereocenters. The summed E-state index contributed by atoms with van der Waals surface area (Å²) in [5.41, 5.74) is 3.50. The van der Waals surface area contributed by atoms with Crippen LogP contribution in [0.3, 0.4) is 0 Å². The van der Waals surface area contributed by atoms with Crippen molar-refractivity contribution in [3.63, 3.8) is 0 Å². The van der Waals surface area contributed by atoms with Crippen LogP contribution in [0.1, 0.15) is 20.3 Å². The molecule has 0 aliphatic heterocycles. The Hall–Kier alpha value is -2.95. The molecule has 0 fully saturated rings. The molecule has 25 heavy (non-hydrogen) atoms. The van der Waals surface area contributed by atoms with E-state index >= 15 is 0 Å². The predicted octanol–water partition coefficient (Wildman–Crippen LogP) is 3.59. The van der Waals surface area contributed by atoms with Gasteiger partial charge < -0.3 is 10.1 Å². The number of rotatable bonds is 6. The second-order valence-corrected chi connectivity index (χ2v) is 5.93. The molecule has 5 heteroatoms. The van der Waals surface area contributed by atoms with Crippen LogP contribution < -0.4 is 10.1 Å². The van der Waals surface area contributed by atoms with Gasteiger partial charge in [-0.25, -0.2) is 4.98 Å². The highest BCUT2D eigenvalue weighted by molar-refractivity contribution is 5.78. The molecule has 5 nitrogen and oxygen atoms in total. The van der Waals surface area contributed by atoms with Crippen molar-refractivity contribution < 1.29 is 9.53 Å². The number of para-hydroxylation sites is 2. The van der Waals surface area contributed by atoms with E-state index in [2.05, 4.69) is 15.3 Å². The predicted molar refractivity (Wildman–Crippen MR) is 98.4 cm³/mol. The molecule has 0 aliphatic carbocycles. The van der Waals surface area contributed by atoms with Crippen LogP contribution in [0.2, 0.25) is 0 Å². The molecule has 1 amide bonds. The van der Waals surface area contributed by atoms with Crippen LogP contribution in [0.5, 0.6) is 5.75 Å². The lowest BCUT2D eigenvalue weighted by Gasteiger charge is -2.12. The second kappa shape index (κ2) is 7.75. The van der Waals surface area contributed by atoms with Crippen LogP contribution in [-0.4, -0.2) is 28.5 Å². The number of nitrogens with zero attached hydrogens (tertiary/aromatic N) is 2. The molecule has 3 aromatic rings. The topological polar surface area (TPSA) is 64.1 Å². The Labute approximate surface area is 147 Å². The zero-order chi connectivity index (χ0) is 17.6. The van der Waals surface area contributed by atoms with Crippen LogP contribution >= 0.6 is 0 Å². The van der Waals surface area contributed by atoms with E-state index in [1.165, 1.54) is 0 Å².